The van der Waals surface area contributed by atoms with E-state index in [1.165, 1.54) is 32.1 Å². The molecule has 0 amide bonds. The molecule has 2 aliphatic carbocycles. The lowest BCUT2D eigenvalue weighted by Gasteiger charge is -2.22. The summed E-state index contributed by atoms with van der Waals surface area (Å²) in [5.41, 5.74) is 0. The Labute approximate surface area is 77.9 Å². The third kappa shape index (κ3) is 2.39. The minimum atomic E-state index is -2.35. The van der Waals surface area contributed by atoms with Crippen LogP contribution in [0.4, 0.5) is 8.78 Å². The van der Waals surface area contributed by atoms with Gasteiger partial charge in [0, 0.05) is 24.9 Å². The van der Waals surface area contributed by atoms with Gasteiger partial charge in [0.2, 0.25) is 0 Å². The molecule has 1 unspecified atom stereocenters. The average Bonchev–Trinajstić information content (AvgIpc) is 2.73. The van der Waals surface area contributed by atoms with E-state index in [0.29, 0.717) is 12.6 Å². The van der Waals surface area contributed by atoms with Gasteiger partial charge in [0.1, 0.15) is 0 Å². The van der Waals surface area contributed by atoms with Gasteiger partial charge in [0.25, 0.3) is 5.92 Å². The molecular formula is C10H17F2N. The van der Waals surface area contributed by atoms with E-state index in [2.05, 4.69) is 5.32 Å². The molecule has 1 atom stereocenters. The maximum atomic E-state index is 12.5. The highest BCUT2D eigenvalue weighted by atomic mass is 19.3. The molecule has 76 valence electrons. The maximum Gasteiger partial charge on any atom is 0.252 e. The van der Waals surface area contributed by atoms with Crippen LogP contribution in [0.25, 0.3) is 0 Å². The summed E-state index contributed by atoms with van der Waals surface area (Å²) in [6.07, 6.45) is 6.30. The van der Waals surface area contributed by atoms with E-state index in [1.54, 1.807) is 0 Å². The first-order chi connectivity index (χ1) is 6.18. The summed E-state index contributed by atoms with van der Waals surface area (Å²) >= 11 is 0. The molecular weight excluding hydrogens is 172 g/mol. The van der Waals surface area contributed by atoms with Crippen LogP contribution in [-0.2, 0) is 0 Å². The molecule has 0 aromatic carbocycles. The lowest BCUT2D eigenvalue weighted by Crippen LogP contribution is -2.33. The fourth-order valence-corrected chi connectivity index (χ4v) is 2.11. The third-order valence-corrected chi connectivity index (χ3v) is 3.21. The van der Waals surface area contributed by atoms with Crippen LogP contribution in [-0.4, -0.2) is 18.5 Å². The van der Waals surface area contributed by atoms with Crippen LogP contribution >= 0.6 is 0 Å². The van der Waals surface area contributed by atoms with Gasteiger partial charge in [-0.1, -0.05) is 19.3 Å². The van der Waals surface area contributed by atoms with Crippen molar-refractivity contribution in [1.82, 2.24) is 5.32 Å². The van der Waals surface area contributed by atoms with Crippen LogP contribution in [0.15, 0.2) is 0 Å². The summed E-state index contributed by atoms with van der Waals surface area (Å²) in [6.45, 7) is 0.525. The van der Waals surface area contributed by atoms with Crippen LogP contribution in [0.2, 0.25) is 0 Å². The average molecular weight is 189 g/mol. The van der Waals surface area contributed by atoms with Crippen molar-refractivity contribution in [2.45, 2.75) is 50.5 Å². The molecule has 3 heteroatoms. The van der Waals surface area contributed by atoms with E-state index in [4.69, 9.17) is 0 Å². The Morgan fingerprint density at radius 2 is 1.77 bits per heavy atom. The monoisotopic (exact) mass is 189 g/mol. The van der Waals surface area contributed by atoms with Crippen molar-refractivity contribution in [3.8, 4) is 0 Å². The SMILES string of the molecule is FC1(F)CC1CNC1CCCCC1. The molecule has 0 bridgehead atoms. The Bertz CT molecular complexity index is 176. The van der Waals surface area contributed by atoms with Gasteiger partial charge in [0.05, 0.1) is 0 Å². The molecule has 2 aliphatic rings. The van der Waals surface area contributed by atoms with E-state index in [1.807, 2.05) is 0 Å². The van der Waals surface area contributed by atoms with Crippen LogP contribution in [0, 0.1) is 5.92 Å². The Hall–Kier alpha value is -0.180. The van der Waals surface area contributed by atoms with Crippen molar-refractivity contribution in [2.24, 2.45) is 5.92 Å². The molecule has 2 saturated carbocycles. The molecule has 0 aromatic heterocycles. The van der Waals surface area contributed by atoms with Gasteiger partial charge in [0.15, 0.2) is 0 Å². The largest absolute Gasteiger partial charge is 0.313 e. The van der Waals surface area contributed by atoms with Crippen LogP contribution in [0.1, 0.15) is 38.5 Å². The third-order valence-electron chi connectivity index (χ3n) is 3.21. The molecule has 0 spiro atoms. The molecule has 0 saturated heterocycles. The first-order valence-corrected chi connectivity index (χ1v) is 5.30. The summed E-state index contributed by atoms with van der Waals surface area (Å²) in [6, 6.07) is 0.519. The van der Waals surface area contributed by atoms with Gasteiger partial charge in [-0.05, 0) is 12.8 Å². The molecule has 0 heterocycles. The van der Waals surface area contributed by atoms with Gasteiger partial charge >= 0.3 is 0 Å². The van der Waals surface area contributed by atoms with Crippen LogP contribution in [0.3, 0.4) is 0 Å². The van der Waals surface area contributed by atoms with E-state index < -0.39 is 5.92 Å². The summed E-state index contributed by atoms with van der Waals surface area (Å²) < 4.78 is 25.0. The number of hydrogen-bond donors (Lipinski definition) is 1. The van der Waals surface area contributed by atoms with Crippen molar-refractivity contribution in [3.05, 3.63) is 0 Å². The summed E-state index contributed by atoms with van der Waals surface area (Å²) in [5.74, 6) is -2.71. The minimum Gasteiger partial charge on any atom is -0.313 e. The Kier molecular flexibility index (Phi) is 2.54. The van der Waals surface area contributed by atoms with Crippen molar-refractivity contribution in [1.29, 1.82) is 0 Å². The first kappa shape index (κ1) is 9.38. The summed E-state index contributed by atoms with van der Waals surface area (Å²) in [5, 5.41) is 3.26. The van der Waals surface area contributed by atoms with Crippen molar-refractivity contribution in [3.63, 3.8) is 0 Å². The van der Waals surface area contributed by atoms with Gasteiger partial charge in [-0.15, -0.1) is 0 Å². The van der Waals surface area contributed by atoms with Crippen LogP contribution in [0.5, 0.6) is 0 Å². The Morgan fingerprint density at radius 3 is 2.31 bits per heavy atom. The zero-order valence-corrected chi connectivity index (χ0v) is 7.86. The summed E-state index contributed by atoms with van der Waals surface area (Å²) in [4.78, 5) is 0. The predicted octanol–water partition coefficient (Wildman–Crippen LogP) is 2.56. The van der Waals surface area contributed by atoms with E-state index in [-0.39, 0.29) is 12.3 Å². The Balaban J connectivity index is 1.62. The molecule has 2 rings (SSSR count). The molecule has 1 nitrogen and oxygen atoms in total. The summed E-state index contributed by atoms with van der Waals surface area (Å²) in [7, 11) is 0. The number of alkyl halides is 2. The van der Waals surface area contributed by atoms with Gasteiger partial charge in [-0.25, -0.2) is 8.78 Å². The number of hydrogen-bond acceptors (Lipinski definition) is 1. The molecule has 0 radical (unpaired) electrons. The van der Waals surface area contributed by atoms with E-state index >= 15 is 0 Å². The molecule has 2 fully saturated rings. The van der Waals surface area contributed by atoms with Crippen molar-refractivity contribution in [2.75, 3.05) is 6.54 Å². The number of nitrogens with one attached hydrogen (secondary N) is 1. The second kappa shape index (κ2) is 3.52. The second-order valence-electron chi connectivity index (χ2n) is 4.41. The van der Waals surface area contributed by atoms with Crippen LogP contribution < -0.4 is 5.32 Å². The normalized spacial score (nSPS) is 33.2. The highest BCUT2D eigenvalue weighted by molar-refractivity contribution is 4.96. The fourth-order valence-electron chi connectivity index (χ4n) is 2.11. The highest BCUT2D eigenvalue weighted by Gasteiger charge is 2.56. The molecule has 0 aliphatic heterocycles. The molecule has 0 aromatic rings. The van der Waals surface area contributed by atoms with Gasteiger partial charge < -0.3 is 5.32 Å². The van der Waals surface area contributed by atoms with Gasteiger partial charge in [-0.2, -0.15) is 0 Å². The molecule has 1 N–H and O–H groups in total. The standard InChI is InChI=1S/C10H17F2N/c11-10(12)6-8(10)7-13-9-4-2-1-3-5-9/h8-9,13H,1-7H2. The van der Waals surface area contributed by atoms with Crippen molar-refractivity contribution < 1.29 is 8.78 Å². The first-order valence-electron chi connectivity index (χ1n) is 5.30. The zero-order chi connectivity index (χ0) is 9.31. The van der Waals surface area contributed by atoms with Crippen molar-refractivity contribution >= 4 is 0 Å². The minimum absolute atomic E-state index is 0.104. The maximum absolute atomic E-state index is 12.5. The van der Waals surface area contributed by atoms with Gasteiger partial charge in [-0.3, -0.25) is 0 Å². The molecule has 13 heavy (non-hydrogen) atoms. The number of rotatable bonds is 3. The topological polar surface area (TPSA) is 12.0 Å². The lowest BCUT2D eigenvalue weighted by molar-refractivity contribution is 0.0976. The van der Waals surface area contributed by atoms with E-state index in [9.17, 15) is 8.78 Å². The highest BCUT2D eigenvalue weighted by Crippen LogP contribution is 2.48. The zero-order valence-electron chi connectivity index (χ0n) is 7.86. The predicted molar refractivity (Wildman–Crippen MR) is 47.9 cm³/mol. The smallest absolute Gasteiger partial charge is 0.252 e. The quantitative estimate of drug-likeness (QED) is 0.719. The number of halogens is 2. The second-order valence-corrected chi connectivity index (χ2v) is 4.41. The lowest BCUT2D eigenvalue weighted by atomic mass is 9.95. The Morgan fingerprint density at radius 1 is 1.15 bits per heavy atom. The van der Waals surface area contributed by atoms with E-state index in [0.717, 1.165) is 0 Å². The fraction of sp³-hybridized carbons (Fsp3) is 1.00.